The van der Waals surface area contributed by atoms with Gasteiger partial charge in [-0.1, -0.05) is 19.1 Å². The molecule has 1 N–H and O–H groups in total. The van der Waals surface area contributed by atoms with Crippen LogP contribution >= 0.6 is 12.2 Å². The van der Waals surface area contributed by atoms with Crippen molar-refractivity contribution in [3.8, 4) is 0 Å². The van der Waals surface area contributed by atoms with Gasteiger partial charge in [-0.25, -0.2) is 8.42 Å². The van der Waals surface area contributed by atoms with Crippen LogP contribution in [0.2, 0.25) is 0 Å². The summed E-state index contributed by atoms with van der Waals surface area (Å²) in [6.07, 6.45) is 1.64. The molecule has 7 heteroatoms. The van der Waals surface area contributed by atoms with Crippen molar-refractivity contribution < 1.29 is 8.42 Å². The van der Waals surface area contributed by atoms with Gasteiger partial charge in [0.1, 0.15) is 0 Å². The van der Waals surface area contributed by atoms with Gasteiger partial charge in [0.25, 0.3) is 0 Å². The summed E-state index contributed by atoms with van der Waals surface area (Å²) in [6, 6.07) is 9.05. The average molecular weight is 426 g/mol. The molecule has 0 amide bonds. The summed E-state index contributed by atoms with van der Waals surface area (Å²) in [4.78, 5) is 4.50. The lowest BCUT2D eigenvalue weighted by atomic mass is 10.1. The number of thiocarbonyl (C=S) groups is 1. The zero-order valence-corrected chi connectivity index (χ0v) is 19.4. The van der Waals surface area contributed by atoms with Crippen molar-refractivity contribution in [1.82, 2.24) is 9.80 Å². The van der Waals surface area contributed by atoms with E-state index in [0.717, 1.165) is 25.2 Å². The third-order valence-electron chi connectivity index (χ3n) is 5.45. The van der Waals surface area contributed by atoms with Crippen molar-refractivity contribution in [1.29, 1.82) is 0 Å². The third-order valence-corrected chi connectivity index (χ3v) is 7.54. The van der Waals surface area contributed by atoms with E-state index in [1.165, 1.54) is 5.56 Å². The molecule has 1 atom stereocenters. The number of aryl methyl sites for hydroxylation is 1. The minimum atomic E-state index is -2.97. The van der Waals surface area contributed by atoms with Crippen LogP contribution in [-0.2, 0) is 16.3 Å². The summed E-state index contributed by atoms with van der Waals surface area (Å²) in [5, 5.41) is 3.93. The topological polar surface area (TPSA) is 52.6 Å². The molecule has 28 heavy (non-hydrogen) atoms. The highest BCUT2D eigenvalue weighted by molar-refractivity contribution is 7.91. The van der Waals surface area contributed by atoms with Gasteiger partial charge in [-0.15, -0.1) is 0 Å². The zero-order chi connectivity index (χ0) is 20.9. The van der Waals surface area contributed by atoms with Gasteiger partial charge in [-0.05, 0) is 70.5 Å². The molecule has 2 rings (SSSR count). The van der Waals surface area contributed by atoms with Crippen LogP contribution in [-0.4, -0.2) is 66.1 Å². The molecule has 1 saturated heterocycles. The average Bonchev–Trinajstić information content (AvgIpc) is 2.98. The molecule has 1 fully saturated rings. The van der Waals surface area contributed by atoms with E-state index in [-0.39, 0.29) is 17.5 Å². The monoisotopic (exact) mass is 425 g/mol. The number of sulfone groups is 1. The number of rotatable bonds is 8. The number of hydrogen-bond donors (Lipinski definition) is 1. The van der Waals surface area contributed by atoms with Crippen molar-refractivity contribution in [3.63, 3.8) is 0 Å². The molecule has 0 saturated carbocycles. The summed E-state index contributed by atoms with van der Waals surface area (Å²) in [6.45, 7) is 12.5. The molecule has 1 heterocycles. The Morgan fingerprint density at radius 3 is 2.21 bits per heavy atom. The molecule has 0 radical (unpaired) electrons. The van der Waals surface area contributed by atoms with Crippen LogP contribution < -0.4 is 5.32 Å². The summed E-state index contributed by atoms with van der Waals surface area (Å²) in [5.41, 5.74) is 2.22. The number of nitrogens with zero attached hydrogens (tertiary/aromatic N) is 2. The van der Waals surface area contributed by atoms with E-state index in [9.17, 15) is 8.42 Å². The lowest BCUT2D eigenvalue weighted by Crippen LogP contribution is -2.49. The lowest BCUT2D eigenvalue weighted by Gasteiger charge is -2.36. The fraction of sp³-hybridized carbons (Fsp3) is 0.667. The minimum absolute atomic E-state index is 0.0545. The molecular formula is C21H35N3O2S2. The Morgan fingerprint density at radius 1 is 1.14 bits per heavy atom. The zero-order valence-electron chi connectivity index (χ0n) is 17.8. The maximum absolute atomic E-state index is 12.1. The van der Waals surface area contributed by atoms with E-state index >= 15 is 0 Å². The molecule has 1 aromatic rings. The second-order valence-electron chi connectivity index (χ2n) is 8.16. The molecular weight excluding hydrogens is 390 g/mol. The van der Waals surface area contributed by atoms with Crippen LogP contribution in [0.3, 0.4) is 0 Å². The number of nitrogens with one attached hydrogen (secondary N) is 1. The number of anilines is 1. The summed E-state index contributed by atoms with van der Waals surface area (Å²) >= 11 is 5.72. The van der Waals surface area contributed by atoms with Crippen molar-refractivity contribution in [2.24, 2.45) is 0 Å². The van der Waals surface area contributed by atoms with Crippen LogP contribution in [0.15, 0.2) is 24.3 Å². The highest BCUT2D eigenvalue weighted by Crippen LogP contribution is 2.20. The van der Waals surface area contributed by atoms with Gasteiger partial charge in [0.2, 0.25) is 0 Å². The Bertz CT molecular complexity index is 737. The van der Waals surface area contributed by atoms with E-state index in [1.807, 2.05) is 12.1 Å². The smallest absolute Gasteiger partial charge is 0.173 e. The second kappa shape index (κ2) is 10.0. The van der Waals surface area contributed by atoms with Gasteiger partial charge in [0, 0.05) is 36.9 Å². The molecule has 0 spiro atoms. The molecule has 158 valence electrons. The molecule has 1 aliphatic heterocycles. The van der Waals surface area contributed by atoms with Crippen LogP contribution in [0, 0.1) is 0 Å². The first-order valence-corrected chi connectivity index (χ1v) is 12.5. The van der Waals surface area contributed by atoms with Crippen LogP contribution in [0.1, 0.15) is 46.6 Å². The number of benzene rings is 1. The SMILES string of the molecule is CCc1ccc(NC(=S)N(CCN(C(C)C)C(C)C)[C@H]2CCS(=O)(=O)C2)cc1. The Kier molecular flexibility index (Phi) is 8.28. The maximum atomic E-state index is 12.1. The van der Waals surface area contributed by atoms with Gasteiger partial charge >= 0.3 is 0 Å². The molecule has 1 aromatic carbocycles. The Labute approximate surface area is 176 Å². The van der Waals surface area contributed by atoms with Crippen LogP contribution in [0.4, 0.5) is 5.69 Å². The largest absolute Gasteiger partial charge is 0.344 e. The standard InChI is InChI=1S/C21H35N3O2S2/c1-6-18-7-9-19(10-8-18)22-21(27)24(20-11-14-28(25,26)15-20)13-12-23(16(2)3)17(4)5/h7-10,16-17,20H,6,11-15H2,1-5H3,(H,22,27)/t20-/m0/s1. The van der Waals surface area contributed by atoms with Gasteiger partial charge < -0.3 is 10.2 Å². The van der Waals surface area contributed by atoms with Gasteiger partial charge in [0.15, 0.2) is 14.9 Å². The Balaban J connectivity index is 2.13. The van der Waals surface area contributed by atoms with E-state index in [0.29, 0.717) is 23.6 Å². The predicted octanol–water partition coefficient (Wildman–Crippen LogP) is 3.55. The first-order valence-electron chi connectivity index (χ1n) is 10.3. The molecule has 0 aromatic heterocycles. The van der Waals surface area contributed by atoms with Crippen molar-refractivity contribution in [2.45, 2.75) is 65.6 Å². The molecule has 0 bridgehead atoms. The summed E-state index contributed by atoms with van der Waals surface area (Å²) < 4.78 is 24.1. The van der Waals surface area contributed by atoms with E-state index in [2.05, 4.69) is 61.9 Å². The van der Waals surface area contributed by atoms with E-state index < -0.39 is 9.84 Å². The van der Waals surface area contributed by atoms with Crippen LogP contribution in [0.5, 0.6) is 0 Å². The fourth-order valence-electron chi connectivity index (χ4n) is 3.83. The molecule has 5 nitrogen and oxygen atoms in total. The summed E-state index contributed by atoms with van der Waals surface area (Å²) in [7, 11) is -2.97. The predicted molar refractivity (Wildman–Crippen MR) is 123 cm³/mol. The van der Waals surface area contributed by atoms with Gasteiger partial charge in [-0.3, -0.25) is 4.90 Å². The highest BCUT2D eigenvalue weighted by atomic mass is 32.2. The minimum Gasteiger partial charge on any atom is -0.344 e. The maximum Gasteiger partial charge on any atom is 0.173 e. The van der Waals surface area contributed by atoms with Crippen molar-refractivity contribution >= 4 is 32.9 Å². The third kappa shape index (κ3) is 6.42. The van der Waals surface area contributed by atoms with Gasteiger partial charge in [0.05, 0.1) is 11.5 Å². The molecule has 1 aliphatic rings. The first kappa shape index (κ1) is 23.1. The van der Waals surface area contributed by atoms with Crippen molar-refractivity contribution in [2.75, 3.05) is 29.9 Å². The van der Waals surface area contributed by atoms with Crippen LogP contribution in [0.25, 0.3) is 0 Å². The lowest BCUT2D eigenvalue weighted by molar-refractivity contribution is 0.155. The fourth-order valence-corrected chi connectivity index (χ4v) is 5.92. The molecule has 0 unspecified atom stereocenters. The van der Waals surface area contributed by atoms with Gasteiger partial charge in [-0.2, -0.15) is 0 Å². The Hall–Kier alpha value is -1.18. The highest BCUT2D eigenvalue weighted by Gasteiger charge is 2.33. The quantitative estimate of drug-likeness (QED) is 0.643. The second-order valence-corrected chi connectivity index (χ2v) is 10.8. The van der Waals surface area contributed by atoms with E-state index in [1.54, 1.807) is 0 Å². The summed E-state index contributed by atoms with van der Waals surface area (Å²) in [5.74, 6) is 0.438. The van der Waals surface area contributed by atoms with E-state index in [4.69, 9.17) is 12.2 Å². The molecule has 0 aliphatic carbocycles. The Morgan fingerprint density at radius 2 is 1.75 bits per heavy atom. The number of hydrogen-bond acceptors (Lipinski definition) is 4. The normalized spacial score (nSPS) is 18.8. The first-order chi connectivity index (χ1) is 13.1. The van der Waals surface area contributed by atoms with Crippen molar-refractivity contribution in [3.05, 3.63) is 29.8 Å².